The molecule has 338 valence electrons. The van der Waals surface area contributed by atoms with Gasteiger partial charge in [0.25, 0.3) is 11.9 Å². The number of hydrogen-bond donors (Lipinski definition) is 3. The molecule has 2 aromatic carbocycles. The number of carbonyl (C=O) groups excluding carboxylic acids is 4. The molecule has 0 bridgehead atoms. The monoisotopic (exact) mass is 902 g/mol. The summed E-state index contributed by atoms with van der Waals surface area (Å²) >= 11 is 1.52. The second kappa shape index (κ2) is 18.0. The predicted molar refractivity (Wildman–Crippen MR) is 241 cm³/mol. The largest absolute Gasteiger partial charge is 0.459 e. The first kappa shape index (κ1) is 45.7. The van der Waals surface area contributed by atoms with Crippen molar-refractivity contribution in [1.29, 1.82) is 0 Å². The summed E-state index contributed by atoms with van der Waals surface area (Å²) in [7, 11) is -1.59. The highest BCUT2D eigenvalue weighted by molar-refractivity contribution is 7.87. The standard InChI is InChI=1S/C45H58N8O8S2/c1-27(2)53-35-18-14-16-32(39-46-34(26-62-39)29-21-19-28(3)20-22-29)37(35)48-42(53)60-31-23-36-38(54)49-45(41(56)50-63(58,59)51(7)8)24-30(45)15-12-10-9-11-13-17-33(40(55)52(36)25-31)47-43(57)61-44(4,5)6/h12,14-16,18-22,26-27,30-31,33,36H,9-11,13,17,23-25H2,1-8H3,(H,47,57)(H,49,54)(H,50,56)/b15-12-/t30-,31-,33+,36+,45-/m1/s1. The fourth-order valence-corrected chi connectivity index (χ4v) is 9.62. The molecule has 1 saturated heterocycles. The Kier molecular flexibility index (Phi) is 13.1. The number of thiazole rings is 1. The van der Waals surface area contributed by atoms with Crippen LogP contribution in [0.1, 0.15) is 91.2 Å². The van der Waals surface area contributed by atoms with Crippen molar-refractivity contribution in [3.05, 3.63) is 65.6 Å². The highest BCUT2D eigenvalue weighted by Gasteiger charge is 2.62. The van der Waals surface area contributed by atoms with Gasteiger partial charge in [-0.1, -0.05) is 60.9 Å². The molecule has 16 nitrogen and oxygen atoms in total. The molecule has 18 heteroatoms. The van der Waals surface area contributed by atoms with Gasteiger partial charge in [-0.3, -0.25) is 19.0 Å². The van der Waals surface area contributed by atoms with Crippen LogP contribution in [0, 0.1) is 12.8 Å². The molecule has 1 saturated carbocycles. The van der Waals surface area contributed by atoms with Crippen molar-refractivity contribution >= 4 is 56.4 Å². The number of para-hydroxylation sites is 1. The minimum atomic E-state index is -4.19. The molecule has 3 N–H and O–H groups in total. The average Bonchev–Trinajstić information content (AvgIpc) is 3.55. The summed E-state index contributed by atoms with van der Waals surface area (Å²) < 4.78 is 42.9. The molecule has 0 spiro atoms. The molecule has 4 heterocycles. The number of carbonyl (C=O) groups is 4. The maximum atomic E-state index is 14.7. The summed E-state index contributed by atoms with van der Waals surface area (Å²) in [6.07, 6.45) is 5.55. The van der Waals surface area contributed by atoms with E-state index in [0.717, 1.165) is 50.1 Å². The van der Waals surface area contributed by atoms with Crippen molar-refractivity contribution < 1.29 is 37.1 Å². The molecule has 4 aromatic rings. The van der Waals surface area contributed by atoms with E-state index >= 15 is 0 Å². The number of imidazole rings is 1. The number of hydrogen-bond acceptors (Lipinski definition) is 11. The number of alkyl carbamates (subject to hydrolysis) is 1. The van der Waals surface area contributed by atoms with E-state index < -0.39 is 69.3 Å². The van der Waals surface area contributed by atoms with Gasteiger partial charge in [0.1, 0.15) is 39.9 Å². The number of fused-ring (bicyclic) bond motifs is 3. The molecule has 2 aliphatic heterocycles. The third kappa shape index (κ3) is 10.1. The zero-order valence-corrected chi connectivity index (χ0v) is 38.8. The van der Waals surface area contributed by atoms with Crippen LogP contribution in [0.25, 0.3) is 32.9 Å². The normalized spacial score (nSPS) is 23.9. The number of benzene rings is 2. The summed E-state index contributed by atoms with van der Waals surface area (Å²) in [5.74, 6) is -2.51. The van der Waals surface area contributed by atoms with Gasteiger partial charge in [0.05, 0.1) is 17.8 Å². The lowest BCUT2D eigenvalue weighted by atomic mass is 10.0. The van der Waals surface area contributed by atoms with Crippen molar-refractivity contribution in [2.24, 2.45) is 5.92 Å². The van der Waals surface area contributed by atoms with Crippen LogP contribution in [0.5, 0.6) is 6.01 Å². The molecule has 2 fully saturated rings. The Morgan fingerprint density at radius 1 is 1.05 bits per heavy atom. The SMILES string of the molecule is Cc1ccc(-c2csc(-c3cccc4c3nc(O[C@@H]3C[C@H]5C(=O)N[C@]6(C(=O)NS(=O)(=O)N(C)C)C[C@H]6/C=C\CCCCC[C@H](NC(=O)OC(C)(C)C)C(=O)N5C3)n4C(C)C)n2)cc1. The van der Waals surface area contributed by atoms with Crippen LogP contribution >= 0.6 is 11.3 Å². The smallest absolute Gasteiger partial charge is 0.408 e. The first-order chi connectivity index (χ1) is 29.8. The minimum absolute atomic E-state index is 0.0193. The van der Waals surface area contributed by atoms with Crippen molar-refractivity contribution in [2.45, 2.75) is 122 Å². The molecule has 4 amide bonds. The zero-order chi connectivity index (χ0) is 45.4. The van der Waals surface area contributed by atoms with Gasteiger partial charge in [-0.05, 0) is 79.4 Å². The molecular weight excluding hydrogens is 845 g/mol. The Morgan fingerprint density at radius 3 is 2.49 bits per heavy atom. The number of allylic oxidation sites excluding steroid dienone is 1. The average molecular weight is 903 g/mol. The quantitative estimate of drug-likeness (QED) is 0.161. The number of ether oxygens (including phenoxy) is 2. The van der Waals surface area contributed by atoms with Gasteiger partial charge in [-0.15, -0.1) is 11.3 Å². The third-order valence-corrected chi connectivity index (χ3v) is 13.9. The lowest BCUT2D eigenvalue weighted by Crippen LogP contribution is -2.58. The minimum Gasteiger partial charge on any atom is -0.459 e. The third-order valence-electron chi connectivity index (χ3n) is 11.6. The Bertz CT molecular complexity index is 2510. The summed E-state index contributed by atoms with van der Waals surface area (Å²) in [4.78, 5) is 67.8. The summed E-state index contributed by atoms with van der Waals surface area (Å²) in [5, 5.41) is 8.47. The van der Waals surface area contributed by atoms with E-state index in [1.54, 1.807) is 20.8 Å². The molecule has 5 atom stereocenters. The van der Waals surface area contributed by atoms with Crippen LogP contribution in [0.3, 0.4) is 0 Å². The van der Waals surface area contributed by atoms with Crippen LogP contribution in [0.4, 0.5) is 4.79 Å². The van der Waals surface area contributed by atoms with Crippen LogP contribution in [0.2, 0.25) is 0 Å². The van der Waals surface area contributed by atoms with Gasteiger partial charge in [-0.25, -0.2) is 14.5 Å². The van der Waals surface area contributed by atoms with E-state index in [2.05, 4.69) is 39.6 Å². The van der Waals surface area contributed by atoms with Gasteiger partial charge in [0, 0.05) is 49.0 Å². The number of amides is 4. The summed E-state index contributed by atoms with van der Waals surface area (Å²) in [6.45, 7) is 11.2. The molecule has 3 aliphatic rings. The van der Waals surface area contributed by atoms with Gasteiger partial charge in [0.2, 0.25) is 11.8 Å². The van der Waals surface area contributed by atoms with Crippen molar-refractivity contribution in [1.82, 2.24) is 39.1 Å². The van der Waals surface area contributed by atoms with Crippen LogP contribution in [0.15, 0.2) is 60.0 Å². The molecule has 7 rings (SSSR count). The van der Waals surface area contributed by atoms with Crippen molar-refractivity contribution in [3.63, 3.8) is 0 Å². The van der Waals surface area contributed by atoms with Crippen molar-refractivity contribution in [3.8, 4) is 27.8 Å². The predicted octanol–water partition coefficient (Wildman–Crippen LogP) is 6.28. The molecule has 1 aliphatic carbocycles. The van der Waals surface area contributed by atoms with Gasteiger partial charge in [0.15, 0.2) is 0 Å². The Balaban J connectivity index is 1.23. The van der Waals surface area contributed by atoms with E-state index in [-0.39, 0.29) is 25.4 Å². The summed E-state index contributed by atoms with van der Waals surface area (Å²) in [5.41, 5.74) is 2.97. The van der Waals surface area contributed by atoms with E-state index in [4.69, 9.17) is 19.4 Å². The first-order valence-corrected chi connectivity index (χ1v) is 23.8. The van der Waals surface area contributed by atoms with Gasteiger partial charge >= 0.3 is 16.3 Å². The van der Waals surface area contributed by atoms with Crippen molar-refractivity contribution in [2.75, 3.05) is 20.6 Å². The van der Waals surface area contributed by atoms with Crippen LogP contribution in [-0.2, 0) is 29.3 Å². The number of rotatable bonds is 9. The topological polar surface area (TPSA) is 194 Å². The fourth-order valence-electron chi connectivity index (χ4n) is 8.17. The molecule has 0 radical (unpaired) electrons. The number of aryl methyl sites for hydroxylation is 1. The molecule has 2 aromatic heterocycles. The maximum absolute atomic E-state index is 14.7. The van der Waals surface area contributed by atoms with Crippen LogP contribution < -0.4 is 20.1 Å². The maximum Gasteiger partial charge on any atom is 0.408 e. The molecular formula is C45H58N8O8S2. The highest BCUT2D eigenvalue weighted by Crippen LogP contribution is 2.46. The number of nitrogens with zero attached hydrogens (tertiary/aromatic N) is 5. The van der Waals surface area contributed by atoms with E-state index in [1.165, 1.54) is 30.3 Å². The van der Waals surface area contributed by atoms with Gasteiger partial charge < -0.3 is 25.0 Å². The molecule has 63 heavy (non-hydrogen) atoms. The highest BCUT2D eigenvalue weighted by atomic mass is 32.2. The Morgan fingerprint density at radius 2 is 1.79 bits per heavy atom. The van der Waals surface area contributed by atoms with E-state index in [9.17, 15) is 27.6 Å². The lowest BCUT2D eigenvalue weighted by molar-refractivity contribution is -0.141. The van der Waals surface area contributed by atoms with Gasteiger partial charge in [-0.2, -0.15) is 17.7 Å². The first-order valence-electron chi connectivity index (χ1n) is 21.5. The molecule has 0 unspecified atom stereocenters. The lowest BCUT2D eigenvalue weighted by Gasteiger charge is -2.30. The second-order valence-corrected chi connectivity index (χ2v) is 20.9. The van der Waals surface area contributed by atoms with Crippen LogP contribution in [-0.4, -0.2) is 106 Å². The second-order valence-electron chi connectivity index (χ2n) is 18.2. The summed E-state index contributed by atoms with van der Waals surface area (Å²) in [6, 6.07) is 12.1. The number of aromatic nitrogens is 3. The van der Waals surface area contributed by atoms with E-state index in [1.807, 2.05) is 61.1 Å². The number of nitrogens with one attached hydrogen (secondary N) is 3. The Labute approximate surface area is 373 Å². The fraction of sp³-hybridized carbons (Fsp3) is 0.511. The Hall–Kier alpha value is -5.33. The zero-order valence-electron chi connectivity index (χ0n) is 37.1. The van der Waals surface area contributed by atoms with E-state index in [0.29, 0.717) is 30.8 Å².